The van der Waals surface area contributed by atoms with Crippen LogP contribution in [0.3, 0.4) is 0 Å². The Morgan fingerprint density at radius 1 is 1.14 bits per heavy atom. The monoisotopic (exact) mass is 388 g/mol. The van der Waals surface area contributed by atoms with Gasteiger partial charge in [-0.05, 0) is 57.8 Å². The molecular weight excluding hydrogens is 348 g/mol. The van der Waals surface area contributed by atoms with E-state index in [4.69, 9.17) is 9.73 Å². The maximum atomic E-state index is 13.1. The summed E-state index contributed by atoms with van der Waals surface area (Å²) in [6.45, 7) is 13.1. The van der Waals surface area contributed by atoms with Gasteiger partial charge in [0.1, 0.15) is 5.76 Å². The van der Waals surface area contributed by atoms with Crippen LogP contribution >= 0.6 is 0 Å². The van der Waals surface area contributed by atoms with Crippen LogP contribution in [0.1, 0.15) is 99.3 Å². The van der Waals surface area contributed by atoms with Crippen LogP contribution < -0.4 is 5.32 Å². The van der Waals surface area contributed by atoms with Crippen molar-refractivity contribution >= 4 is 11.7 Å². The first-order valence-corrected chi connectivity index (χ1v) is 11.4. The summed E-state index contributed by atoms with van der Waals surface area (Å²) in [5, 5.41) is 3.75. The van der Waals surface area contributed by atoms with Gasteiger partial charge in [0, 0.05) is 24.0 Å². The minimum Gasteiger partial charge on any atom is -0.446 e. The van der Waals surface area contributed by atoms with Crippen LogP contribution in [-0.2, 0) is 9.53 Å². The highest BCUT2D eigenvalue weighted by Gasteiger charge is 2.42. The smallest absolute Gasteiger partial charge is 0.207 e. The number of rotatable bonds is 3. The molecule has 158 valence electrons. The molecule has 0 aromatic heterocycles. The Bertz CT molecular complexity index is 648. The Kier molecular flexibility index (Phi) is 6.38. The third kappa shape index (κ3) is 5.25. The molecule has 1 saturated carbocycles. The third-order valence-corrected chi connectivity index (χ3v) is 6.32. The molecule has 1 N–H and O–H groups in total. The molecule has 0 amide bonds. The SMILES string of the molecule is CC[C@@H]1C[C@@H](NC(C)(C)C)C(=NC2CCCCC2)OC2=C1C(=O)CC(C)(C)C2. The number of nitrogens with one attached hydrogen (secondary N) is 1. The first-order valence-electron chi connectivity index (χ1n) is 11.4. The number of Topliss-reactive ketones (excluding diaryl/α,β-unsaturated/α-hetero) is 1. The standard InChI is InChI=1S/C24H40N2O2/c1-7-16-13-18(26-23(2,3)4)22(25-17-11-9-8-10-12-17)28-20-15-24(5,6)14-19(27)21(16)20/h16-18,26H,7-15H2,1-6H3/t16-,18-/m1/s1. The van der Waals surface area contributed by atoms with E-state index >= 15 is 0 Å². The van der Waals surface area contributed by atoms with Gasteiger partial charge >= 0.3 is 0 Å². The molecule has 0 radical (unpaired) electrons. The van der Waals surface area contributed by atoms with Crippen molar-refractivity contribution < 1.29 is 9.53 Å². The van der Waals surface area contributed by atoms with E-state index in [1.807, 2.05) is 0 Å². The number of carbonyl (C=O) groups is 1. The summed E-state index contributed by atoms with van der Waals surface area (Å²) < 4.78 is 6.56. The summed E-state index contributed by atoms with van der Waals surface area (Å²) in [5.41, 5.74) is 0.881. The van der Waals surface area contributed by atoms with Crippen LogP contribution in [0.5, 0.6) is 0 Å². The van der Waals surface area contributed by atoms with E-state index in [0.717, 1.165) is 49.3 Å². The highest BCUT2D eigenvalue weighted by atomic mass is 16.5. The molecule has 0 aromatic carbocycles. The van der Waals surface area contributed by atoms with E-state index < -0.39 is 0 Å². The molecule has 1 fully saturated rings. The van der Waals surface area contributed by atoms with E-state index in [-0.39, 0.29) is 28.7 Å². The Labute approximate surface area is 171 Å². The summed E-state index contributed by atoms with van der Waals surface area (Å²) in [6, 6.07) is 0.427. The van der Waals surface area contributed by atoms with Crippen LogP contribution in [0.15, 0.2) is 16.3 Å². The summed E-state index contributed by atoms with van der Waals surface area (Å²) in [7, 11) is 0. The van der Waals surface area contributed by atoms with E-state index in [0.29, 0.717) is 12.5 Å². The Morgan fingerprint density at radius 3 is 2.43 bits per heavy atom. The van der Waals surface area contributed by atoms with E-state index in [9.17, 15) is 4.79 Å². The number of ketones is 1. The van der Waals surface area contributed by atoms with Crippen molar-refractivity contribution in [3.05, 3.63) is 11.3 Å². The van der Waals surface area contributed by atoms with Crippen molar-refractivity contribution in [2.75, 3.05) is 0 Å². The second-order valence-electron chi connectivity index (χ2n) is 10.9. The van der Waals surface area contributed by atoms with Gasteiger partial charge in [0.05, 0.1) is 12.1 Å². The fourth-order valence-corrected chi connectivity index (χ4v) is 5.05. The molecule has 0 aromatic rings. The lowest BCUT2D eigenvalue weighted by atomic mass is 9.72. The number of allylic oxidation sites excluding steroid dienone is 2. The zero-order valence-electron chi connectivity index (χ0n) is 18.9. The molecule has 2 aliphatic carbocycles. The highest BCUT2D eigenvalue weighted by molar-refractivity contribution is 5.99. The van der Waals surface area contributed by atoms with Crippen LogP contribution in [0.2, 0.25) is 0 Å². The van der Waals surface area contributed by atoms with Gasteiger partial charge in [-0.3, -0.25) is 9.79 Å². The maximum Gasteiger partial charge on any atom is 0.207 e. The fourth-order valence-electron chi connectivity index (χ4n) is 5.05. The van der Waals surface area contributed by atoms with Gasteiger partial charge in [0.2, 0.25) is 5.90 Å². The summed E-state index contributed by atoms with van der Waals surface area (Å²) in [6.07, 6.45) is 9.46. The van der Waals surface area contributed by atoms with Crippen molar-refractivity contribution in [2.24, 2.45) is 16.3 Å². The summed E-state index contributed by atoms with van der Waals surface area (Å²) >= 11 is 0. The fraction of sp³-hybridized carbons (Fsp3) is 0.833. The van der Waals surface area contributed by atoms with Gasteiger partial charge in [-0.2, -0.15) is 0 Å². The number of carbonyl (C=O) groups excluding carboxylic acids is 1. The average molecular weight is 389 g/mol. The topological polar surface area (TPSA) is 50.7 Å². The minimum atomic E-state index is -0.0402. The normalized spacial score (nSPS) is 30.8. The lowest BCUT2D eigenvalue weighted by molar-refractivity contribution is -0.119. The number of hydrogen-bond donors (Lipinski definition) is 1. The number of aliphatic imine (C=N–C) groups is 1. The quantitative estimate of drug-likeness (QED) is 0.688. The predicted molar refractivity (Wildman–Crippen MR) is 116 cm³/mol. The summed E-state index contributed by atoms with van der Waals surface area (Å²) in [4.78, 5) is 18.2. The van der Waals surface area contributed by atoms with Crippen molar-refractivity contribution in [1.29, 1.82) is 0 Å². The maximum absolute atomic E-state index is 13.1. The second kappa shape index (κ2) is 8.30. The molecular formula is C24H40N2O2. The van der Waals surface area contributed by atoms with Crippen molar-refractivity contribution in [3.63, 3.8) is 0 Å². The molecule has 0 unspecified atom stereocenters. The van der Waals surface area contributed by atoms with Crippen molar-refractivity contribution in [2.45, 2.75) is 117 Å². The van der Waals surface area contributed by atoms with Crippen LogP contribution in [-0.4, -0.2) is 29.3 Å². The Hall–Kier alpha value is -1.16. The Balaban J connectivity index is 1.98. The number of nitrogens with zero attached hydrogens (tertiary/aromatic N) is 1. The largest absolute Gasteiger partial charge is 0.446 e. The molecule has 2 atom stereocenters. The molecule has 0 bridgehead atoms. The minimum absolute atomic E-state index is 0.0339. The van der Waals surface area contributed by atoms with Gasteiger partial charge in [-0.25, -0.2) is 0 Å². The number of hydrogen-bond acceptors (Lipinski definition) is 4. The molecule has 0 saturated heterocycles. The average Bonchev–Trinajstić information content (AvgIpc) is 2.70. The predicted octanol–water partition coefficient (Wildman–Crippen LogP) is 5.56. The highest BCUT2D eigenvalue weighted by Crippen LogP contribution is 2.43. The van der Waals surface area contributed by atoms with Crippen molar-refractivity contribution in [1.82, 2.24) is 5.32 Å². The summed E-state index contributed by atoms with van der Waals surface area (Å²) in [5.74, 6) is 2.26. The van der Waals surface area contributed by atoms with Gasteiger partial charge in [-0.15, -0.1) is 0 Å². The van der Waals surface area contributed by atoms with Gasteiger partial charge in [-0.1, -0.05) is 40.0 Å². The first kappa shape index (κ1) is 21.5. The molecule has 3 rings (SSSR count). The molecule has 4 nitrogen and oxygen atoms in total. The lowest BCUT2D eigenvalue weighted by Crippen LogP contribution is -2.49. The van der Waals surface area contributed by atoms with Crippen molar-refractivity contribution in [3.8, 4) is 0 Å². The van der Waals surface area contributed by atoms with E-state index in [1.54, 1.807) is 0 Å². The van der Waals surface area contributed by atoms with E-state index in [1.165, 1.54) is 19.3 Å². The number of ether oxygens (including phenoxy) is 1. The first-order chi connectivity index (χ1) is 13.1. The van der Waals surface area contributed by atoms with Crippen LogP contribution in [0, 0.1) is 11.3 Å². The zero-order valence-corrected chi connectivity index (χ0v) is 18.9. The van der Waals surface area contributed by atoms with Crippen LogP contribution in [0.4, 0.5) is 0 Å². The molecule has 1 aliphatic heterocycles. The second-order valence-corrected chi connectivity index (χ2v) is 10.9. The molecule has 3 aliphatic rings. The van der Waals surface area contributed by atoms with Gasteiger partial charge in [0.25, 0.3) is 0 Å². The zero-order chi connectivity index (χ0) is 20.5. The molecule has 28 heavy (non-hydrogen) atoms. The molecule has 4 heteroatoms. The Morgan fingerprint density at radius 2 is 1.82 bits per heavy atom. The lowest BCUT2D eigenvalue weighted by Gasteiger charge is -2.32. The van der Waals surface area contributed by atoms with E-state index in [2.05, 4.69) is 46.9 Å². The molecule has 1 heterocycles. The van der Waals surface area contributed by atoms with Crippen LogP contribution in [0.25, 0.3) is 0 Å². The third-order valence-electron chi connectivity index (χ3n) is 6.32. The molecule has 0 spiro atoms. The van der Waals surface area contributed by atoms with Gasteiger partial charge in [0.15, 0.2) is 5.78 Å². The van der Waals surface area contributed by atoms with Gasteiger partial charge < -0.3 is 10.1 Å².